The van der Waals surface area contributed by atoms with Crippen LogP contribution in [0.1, 0.15) is 22.8 Å². The van der Waals surface area contributed by atoms with Gasteiger partial charge in [0.05, 0.1) is 11.8 Å². The predicted molar refractivity (Wildman–Crippen MR) is 148 cm³/mol. The smallest absolute Gasteiger partial charge is 0.344 e. The second kappa shape index (κ2) is 12.1. The van der Waals surface area contributed by atoms with Crippen LogP contribution in [0.4, 0.5) is 0 Å². The molecule has 0 aliphatic heterocycles. The highest BCUT2D eigenvalue weighted by Gasteiger charge is 2.14. The molecule has 4 aromatic carbocycles. The third-order valence-electron chi connectivity index (χ3n) is 5.22. The van der Waals surface area contributed by atoms with Crippen molar-refractivity contribution < 1.29 is 19.1 Å². The number of hydrogen-bond donors (Lipinski definition) is 1. The zero-order valence-corrected chi connectivity index (χ0v) is 21.6. The molecule has 0 spiro atoms. The molecular formula is C29H23IN2O4. The first-order valence-electron chi connectivity index (χ1n) is 11.2. The molecule has 1 amide bonds. The van der Waals surface area contributed by atoms with E-state index in [1.165, 1.54) is 6.21 Å². The maximum atomic E-state index is 12.4. The average Bonchev–Trinajstić information content (AvgIpc) is 2.90. The monoisotopic (exact) mass is 590 g/mol. The van der Waals surface area contributed by atoms with E-state index in [1.807, 2.05) is 66.7 Å². The molecule has 0 saturated carbocycles. The SMILES string of the molecule is C[C@H](Oc1ccc(-c2ccccc2)cc1)C(=O)N/N=C\c1ccc(OC(=O)c2ccccc2I)cc1. The third-order valence-corrected chi connectivity index (χ3v) is 6.16. The molecule has 1 atom stereocenters. The van der Waals surface area contributed by atoms with Crippen LogP contribution in [0.2, 0.25) is 0 Å². The number of benzene rings is 4. The minimum atomic E-state index is -0.729. The summed E-state index contributed by atoms with van der Waals surface area (Å²) in [6, 6.07) is 31.6. The average molecular weight is 590 g/mol. The highest BCUT2D eigenvalue weighted by atomic mass is 127. The minimum Gasteiger partial charge on any atom is -0.481 e. The number of halogens is 1. The number of rotatable bonds is 8. The van der Waals surface area contributed by atoms with E-state index >= 15 is 0 Å². The maximum Gasteiger partial charge on any atom is 0.344 e. The summed E-state index contributed by atoms with van der Waals surface area (Å²) >= 11 is 2.10. The Bertz CT molecular complexity index is 1350. The Kier molecular flexibility index (Phi) is 8.46. The van der Waals surface area contributed by atoms with Crippen molar-refractivity contribution in [2.75, 3.05) is 0 Å². The number of hydrazone groups is 1. The van der Waals surface area contributed by atoms with Gasteiger partial charge in [-0.3, -0.25) is 4.79 Å². The van der Waals surface area contributed by atoms with Gasteiger partial charge in [0.25, 0.3) is 5.91 Å². The zero-order valence-electron chi connectivity index (χ0n) is 19.4. The first-order valence-corrected chi connectivity index (χ1v) is 12.3. The fraction of sp³-hybridized carbons (Fsp3) is 0.0690. The molecule has 0 saturated heterocycles. The van der Waals surface area contributed by atoms with Crippen molar-refractivity contribution in [1.82, 2.24) is 5.43 Å². The summed E-state index contributed by atoms with van der Waals surface area (Å²) in [5.41, 5.74) is 5.90. The molecule has 36 heavy (non-hydrogen) atoms. The third kappa shape index (κ3) is 6.79. The van der Waals surface area contributed by atoms with Gasteiger partial charge in [-0.25, -0.2) is 10.2 Å². The Labute approximate surface area is 223 Å². The molecule has 0 bridgehead atoms. The molecule has 4 rings (SSSR count). The van der Waals surface area contributed by atoms with Crippen molar-refractivity contribution >= 4 is 40.7 Å². The van der Waals surface area contributed by atoms with Crippen LogP contribution >= 0.6 is 22.6 Å². The van der Waals surface area contributed by atoms with Crippen molar-refractivity contribution in [2.45, 2.75) is 13.0 Å². The standard InChI is InChI=1S/C29H23IN2O4/c1-20(35-24-17-13-23(14-18-24)22-7-3-2-4-8-22)28(33)32-31-19-21-11-15-25(16-12-21)36-29(34)26-9-5-6-10-27(26)30/h2-20H,1H3,(H,32,33)/b31-19-/t20-/m0/s1. The normalized spacial score (nSPS) is 11.6. The lowest BCUT2D eigenvalue weighted by Crippen LogP contribution is -2.33. The summed E-state index contributed by atoms with van der Waals surface area (Å²) < 4.78 is 12.0. The lowest BCUT2D eigenvalue weighted by Gasteiger charge is -2.13. The largest absolute Gasteiger partial charge is 0.481 e. The highest BCUT2D eigenvalue weighted by Crippen LogP contribution is 2.22. The van der Waals surface area contributed by atoms with Crippen molar-refractivity contribution in [3.05, 3.63) is 118 Å². The number of amides is 1. The first-order chi connectivity index (χ1) is 17.5. The molecule has 0 radical (unpaired) electrons. The van der Waals surface area contributed by atoms with Gasteiger partial charge >= 0.3 is 5.97 Å². The summed E-state index contributed by atoms with van der Waals surface area (Å²) in [6.07, 6.45) is 0.776. The Morgan fingerprint density at radius 2 is 1.42 bits per heavy atom. The fourth-order valence-corrected chi connectivity index (χ4v) is 3.89. The van der Waals surface area contributed by atoms with E-state index in [4.69, 9.17) is 9.47 Å². The van der Waals surface area contributed by atoms with Gasteiger partial charge in [-0.15, -0.1) is 0 Å². The Hall–Kier alpha value is -3.98. The molecule has 0 fully saturated rings. The molecule has 7 heteroatoms. The van der Waals surface area contributed by atoms with E-state index < -0.39 is 12.1 Å². The molecule has 0 heterocycles. The van der Waals surface area contributed by atoms with Crippen LogP contribution in [0.3, 0.4) is 0 Å². The van der Waals surface area contributed by atoms with Gasteiger partial charge in [0.2, 0.25) is 0 Å². The molecule has 0 aromatic heterocycles. The highest BCUT2D eigenvalue weighted by molar-refractivity contribution is 14.1. The van der Waals surface area contributed by atoms with Crippen LogP contribution in [-0.4, -0.2) is 24.2 Å². The van der Waals surface area contributed by atoms with Crippen molar-refractivity contribution in [2.24, 2.45) is 5.10 Å². The van der Waals surface area contributed by atoms with Gasteiger partial charge in [-0.05, 0) is 94.7 Å². The molecule has 1 N–H and O–H groups in total. The summed E-state index contributed by atoms with van der Waals surface area (Å²) in [5, 5.41) is 3.99. The molecule has 4 aromatic rings. The molecular weight excluding hydrogens is 567 g/mol. The molecule has 0 aliphatic carbocycles. The van der Waals surface area contributed by atoms with Gasteiger partial charge in [-0.1, -0.05) is 54.6 Å². The number of carbonyl (C=O) groups excluding carboxylic acids is 2. The van der Waals surface area contributed by atoms with E-state index in [1.54, 1.807) is 43.3 Å². The van der Waals surface area contributed by atoms with Gasteiger partial charge in [0, 0.05) is 3.57 Å². The Morgan fingerprint density at radius 3 is 2.11 bits per heavy atom. The van der Waals surface area contributed by atoms with E-state index in [0.717, 1.165) is 20.3 Å². The second-order valence-electron chi connectivity index (χ2n) is 7.82. The second-order valence-corrected chi connectivity index (χ2v) is 8.99. The van der Waals surface area contributed by atoms with Crippen LogP contribution in [0.5, 0.6) is 11.5 Å². The van der Waals surface area contributed by atoms with Crippen LogP contribution < -0.4 is 14.9 Å². The van der Waals surface area contributed by atoms with Crippen LogP contribution in [0, 0.1) is 3.57 Å². The number of nitrogens with zero attached hydrogens (tertiary/aromatic N) is 1. The van der Waals surface area contributed by atoms with Crippen LogP contribution in [-0.2, 0) is 4.79 Å². The first kappa shape index (κ1) is 25.1. The van der Waals surface area contributed by atoms with E-state index in [2.05, 4.69) is 33.1 Å². The molecule has 0 unspecified atom stereocenters. The topological polar surface area (TPSA) is 77.0 Å². The number of nitrogens with one attached hydrogen (secondary N) is 1. The summed E-state index contributed by atoms with van der Waals surface area (Å²) in [6.45, 7) is 1.66. The van der Waals surface area contributed by atoms with Gasteiger partial charge in [0.15, 0.2) is 6.10 Å². The van der Waals surface area contributed by atoms with Gasteiger partial charge in [-0.2, -0.15) is 5.10 Å². The number of ether oxygens (including phenoxy) is 2. The van der Waals surface area contributed by atoms with E-state index in [-0.39, 0.29) is 5.91 Å². The fourth-order valence-electron chi connectivity index (χ4n) is 3.29. The summed E-state index contributed by atoms with van der Waals surface area (Å²) in [5.74, 6) is 0.219. The Morgan fingerprint density at radius 1 is 0.806 bits per heavy atom. The summed E-state index contributed by atoms with van der Waals surface area (Å²) in [4.78, 5) is 24.7. The number of esters is 1. The number of hydrogen-bond acceptors (Lipinski definition) is 5. The Balaban J connectivity index is 1.26. The quantitative estimate of drug-likeness (QED) is 0.0886. The van der Waals surface area contributed by atoms with Crippen molar-refractivity contribution in [3.8, 4) is 22.6 Å². The zero-order chi connectivity index (χ0) is 25.3. The maximum absolute atomic E-state index is 12.4. The number of carbonyl (C=O) groups is 2. The van der Waals surface area contributed by atoms with E-state index in [0.29, 0.717) is 17.1 Å². The van der Waals surface area contributed by atoms with Gasteiger partial charge in [0.1, 0.15) is 11.5 Å². The van der Waals surface area contributed by atoms with Crippen molar-refractivity contribution in [1.29, 1.82) is 0 Å². The molecule has 6 nitrogen and oxygen atoms in total. The lowest BCUT2D eigenvalue weighted by atomic mass is 10.1. The van der Waals surface area contributed by atoms with Crippen LogP contribution in [0.25, 0.3) is 11.1 Å². The van der Waals surface area contributed by atoms with E-state index in [9.17, 15) is 9.59 Å². The predicted octanol–water partition coefficient (Wildman–Crippen LogP) is 6.10. The summed E-state index contributed by atoms with van der Waals surface area (Å²) in [7, 11) is 0. The lowest BCUT2D eigenvalue weighted by molar-refractivity contribution is -0.127. The van der Waals surface area contributed by atoms with Crippen molar-refractivity contribution in [3.63, 3.8) is 0 Å². The minimum absolute atomic E-state index is 0.374. The molecule has 180 valence electrons. The van der Waals surface area contributed by atoms with Gasteiger partial charge < -0.3 is 9.47 Å². The van der Waals surface area contributed by atoms with Crippen LogP contribution in [0.15, 0.2) is 108 Å². The molecule has 0 aliphatic rings.